The van der Waals surface area contributed by atoms with Crippen molar-refractivity contribution < 1.29 is 9.47 Å². The van der Waals surface area contributed by atoms with Gasteiger partial charge in [0.25, 0.3) is 0 Å². The van der Waals surface area contributed by atoms with Crippen LogP contribution in [0.15, 0.2) is 71.7 Å². The van der Waals surface area contributed by atoms with Crippen molar-refractivity contribution in [2.75, 3.05) is 26.7 Å². The monoisotopic (exact) mass is 418 g/mol. The van der Waals surface area contributed by atoms with Gasteiger partial charge < -0.3 is 18.9 Å². The lowest BCUT2D eigenvalue weighted by molar-refractivity contribution is 0.160. The van der Waals surface area contributed by atoms with Crippen LogP contribution in [0.25, 0.3) is 5.69 Å². The first-order chi connectivity index (χ1) is 15.1. The zero-order valence-electron chi connectivity index (χ0n) is 18.3. The van der Waals surface area contributed by atoms with Crippen molar-refractivity contribution in [1.29, 1.82) is 0 Å². The summed E-state index contributed by atoms with van der Waals surface area (Å²) in [5.41, 5.74) is 2.67. The second kappa shape index (κ2) is 9.84. The molecule has 0 spiro atoms. The fraction of sp³-hybridized carbons (Fsp3) is 0.346. The van der Waals surface area contributed by atoms with Crippen LogP contribution in [0.2, 0.25) is 0 Å². The summed E-state index contributed by atoms with van der Waals surface area (Å²) in [5.74, 6) is 1.89. The largest absolute Gasteiger partial charge is 0.493 e. The van der Waals surface area contributed by atoms with Crippen LogP contribution in [-0.2, 0) is 6.61 Å². The first-order valence-electron chi connectivity index (χ1n) is 10.9. The van der Waals surface area contributed by atoms with E-state index in [1.807, 2.05) is 66.1 Å². The summed E-state index contributed by atoms with van der Waals surface area (Å²) in [6.07, 6.45) is 4.18. The number of rotatable bonds is 7. The van der Waals surface area contributed by atoms with Gasteiger partial charge in [0, 0.05) is 18.0 Å². The van der Waals surface area contributed by atoms with Crippen LogP contribution < -0.4 is 14.9 Å². The molecule has 1 saturated heterocycles. The van der Waals surface area contributed by atoms with E-state index in [4.69, 9.17) is 9.47 Å². The molecule has 0 bridgehead atoms. The summed E-state index contributed by atoms with van der Waals surface area (Å²) in [7, 11) is 2.17. The Morgan fingerprint density at radius 1 is 0.935 bits per heavy atom. The molecule has 2 aromatic carbocycles. The van der Waals surface area contributed by atoms with Gasteiger partial charge in [0.15, 0.2) is 5.75 Å². The molecule has 2 heterocycles. The van der Waals surface area contributed by atoms with Gasteiger partial charge in [-0.1, -0.05) is 30.3 Å². The Morgan fingerprint density at radius 3 is 2.35 bits per heavy atom. The van der Waals surface area contributed by atoms with Crippen molar-refractivity contribution in [2.24, 2.45) is 5.92 Å². The molecule has 0 unspecified atom stereocenters. The van der Waals surface area contributed by atoms with Crippen molar-refractivity contribution in [3.63, 3.8) is 0 Å². The van der Waals surface area contributed by atoms with Gasteiger partial charge in [0.1, 0.15) is 12.4 Å². The second-order valence-electron chi connectivity index (χ2n) is 8.29. The quantitative estimate of drug-likeness (QED) is 0.569. The van der Waals surface area contributed by atoms with Gasteiger partial charge in [-0.25, -0.2) is 0 Å². The molecular weight excluding hydrogens is 388 g/mol. The Balaban J connectivity index is 1.43. The van der Waals surface area contributed by atoms with Crippen molar-refractivity contribution in [2.45, 2.75) is 26.4 Å². The average molecular weight is 419 g/mol. The summed E-state index contributed by atoms with van der Waals surface area (Å²) in [6, 6.07) is 19.4. The Morgan fingerprint density at radius 2 is 1.65 bits per heavy atom. The van der Waals surface area contributed by atoms with Crippen LogP contribution in [0.5, 0.6) is 11.5 Å². The van der Waals surface area contributed by atoms with E-state index in [2.05, 4.69) is 11.9 Å². The van der Waals surface area contributed by atoms with Gasteiger partial charge in [-0.05, 0) is 75.6 Å². The number of nitrogens with zero attached hydrogens (tertiary/aromatic N) is 2. The summed E-state index contributed by atoms with van der Waals surface area (Å²) < 4.78 is 13.9. The van der Waals surface area contributed by atoms with Gasteiger partial charge in [0.2, 0.25) is 5.43 Å². The van der Waals surface area contributed by atoms with Gasteiger partial charge in [-0.3, -0.25) is 4.79 Å². The van der Waals surface area contributed by atoms with E-state index in [1.54, 1.807) is 12.3 Å². The molecule has 3 aromatic rings. The molecule has 1 aliphatic rings. The summed E-state index contributed by atoms with van der Waals surface area (Å²) in [5, 5.41) is 0. The highest BCUT2D eigenvalue weighted by Gasteiger charge is 2.17. The topological polar surface area (TPSA) is 43.7 Å². The molecule has 0 saturated carbocycles. The molecule has 0 radical (unpaired) electrons. The zero-order chi connectivity index (χ0) is 21.6. The SMILES string of the molecule is Cc1c(OCc2ccccc2)c(=O)ccn1-c1ccc(OCC2CCN(C)CC2)cc1. The van der Waals surface area contributed by atoms with Crippen LogP contribution in [0.1, 0.15) is 24.1 Å². The summed E-state index contributed by atoms with van der Waals surface area (Å²) in [4.78, 5) is 14.8. The third kappa shape index (κ3) is 5.36. The van der Waals surface area contributed by atoms with Crippen molar-refractivity contribution >= 4 is 0 Å². The van der Waals surface area contributed by atoms with Crippen molar-refractivity contribution in [3.05, 3.63) is 88.3 Å². The Kier molecular flexibility index (Phi) is 6.73. The molecule has 1 aromatic heterocycles. The molecule has 0 amide bonds. The Bertz CT molecular complexity index is 1040. The minimum atomic E-state index is -0.109. The maximum atomic E-state index is 12.4. The van der Waals surface area contributed by atoms with Gasteiger partial charge in [-0.15, -0.1) is 0 Å². The van der Waals surface area contributed by atoms with Crippen LogP contribution in [0, 0.1) is 12.8 Å². The number of likely N-dealkylation sites (tertiary alicyclic amines) is 1. The lowest BCUT2D eigenvalue weighted by Gasteiger charge is -2.28. The van der Waals surface area contributed by atoms with Crippen LogP contribution in [-0.4, -0.2) is 36.2 Å². The number of aromatic nitrogens is 1. The van der Waals surface area contributed by atoms with Gasteiger partial charge in [0.05, 0.1) is 12.3 Å². The third-order valence-corrected chi connectivity index (χ3v) is 5.95. The molecule has 162 valence electrons. The summed E-state index contributed by atoms with van der Waals surface area (Å²) in [6.45, 7) is 5.33. The molecule has 0 atom stereocenters. The number of piperidine rings is 1. The number of benzene rings is 2. The van der Waals surface area contributed by atoms with Crippen LogP contribution in [0.3, 0.4) is 0 Å². The van der Waals surface area contributed by atoms with Crippen LogP contribution >= 0.6 is 0 Å². The first kappa shape index (κ1) is 21.2. The first-order valence-corrected chi connectivity index (χ1v) is 10.9. The third-order valence-electron chi connectivity index (χ3n) is 5.95. The number of ether oxygens (including phenoxy) is 2. The molecule has 31 heavy (non-hydrogen) atoms. The lowest BCUT2D eigenvalue weighted by atomic mass is 9.98. The number of pyridine rings is 1. The minimum absolute atomic E-state index is 0.109. The average Bonchev–Trinajstić information content (AvgIpc) is 2.80. The number of hydrogen-bond donors (Lipinski definition) is 0. The minimum Gasteiger partial charge on any atom is -0.493 e. The molecule has 5 heteroatoms. The van der Waals surface area contributed by atoms with Gasteiger partial charge >= 0.3 is 0 Å². The predicted molar refractivity (Wildman–Crippen MR) is 123 cm³/mol. The lowest BCUT2D eigenvalue weighted by Crippen LogP contribution is -2.32. The Hall–Kier alpha value is -3.05. The smallest absolute Gasteiger partial charge is 0.223 e. The molecule has 1 fully saturated rings. The molecular formula is C26H30N2O3. The van der Waals surface area contributed by atoms with E-state index in [1.165, 1.54) is 12.8 Å². The van der Waals surface area contributed by atoms with E-state index in [0.29, 0.717) is 18.3 Å². The van der Waals surface area contributed by atoms with Gasteiger partial charge in [-0.2, -0.15) is 0 Å². The van der Waals surface area contributed by atoms with Crippen LogP contribution in [0.4, 0.5) is 0 Å². The van der Waals surface area contributed by atoms with E-state index in [-0.39, 0.29) is 5.43 Å². The standard InChI is InChI=1S/C26H30N2O3/c1-20-26(31-19-21-6-4-3-5-7-21)25(29)14-17-28(20)23-8-10-24(11-9-23)30-18-22-12-15-27(2)16-13-22/h3-11,14,17,22H,12-13,15-16,18-19H2,1-2H3. The van der Waals surface area contributed by atoms with Crippen molar-refractivity contribution in [3.8, 4) is 17.2 Å². The second-order valence-corrected chi connectivity index (χ2v) is 8.29. The molecule has 4 rings (SSSR count). The fourth-order valence-corrected chi connectivity index (χ4v) is 3.95. The highest BCUT2D eigenvalue weighted by molar-refractivity contribution is 5.42. The van der Waals surface area contributed by atoms with E-state index in [0.717, 1.165) is 42.4 Å². The highest BCUT2D eigenvalue weighted by Crippen LogP contribution is 2.22. The maximum Gasteiger partial charge on any atom is 0.223 e. The number of hydrogen-bond acceptors (Lipinski definition) is 4. The van der Waals surface area contributed by atoms with E-state index < -0.39 is 0 Å². The fourth-order valence-electron chi connectivity index (χ4n) is 3.95. The predicted octanol–water partition coefficient (Wildman–Crippen LogP) is 4.45. The highest BCUT2D eigenvalue weighted by atomic mass is 16.5. The van der Waals surface area contributed by atoms with Crippen molar-refractivity contribution in [1.82, 2.24) is 9.47 Å². The summed E-state index contributed by atoms with van der Waals surface area (Å²) >= 11 is 0. The van der Waals surface area contributed by atoms with E-state index in [9.17, 15) is 4.79 Å². The molecule has 0 N–H and O–H groups in total. The Labute approximate surface area is 183 Å². The molecule has 0 aliphatic carbocycles. The zero-order valence-corrected chi connectivity index (χ0v) is 18.3. The molecule has 5 nitrogen and oxygen atoms in total. The molecule has 1 aliphatic heterocycles. The van der Waals surface area contributed by atoms with E-state index >= 15 is 0 Å². The normalized spacial score (nSPS) is 15.0. The maximum absolute atomic E-state index is 12.4.